The van der Waals surface area contributed by atoms with Gasteiger partial charge in [0.05, 0.1) is 10.5 Å². The van der Waals surface area contributed by atoms with E-state index in [0.29, 0.717) is 0 Å². The quantitative estimate of drug-likeness (QED) is 0.843. The lowest BCUT2D eigenvalue weighted by atomic mass is 10.2. The van der Waals surface area contributed by atoms with E-state index in [1.807, 2.05) is 0 Å². The van der Waals surface area contributed by atoms with E-state index in [4.69, 9.17) is 21.8 Å². The maximum absolute atomic E-state index is 10.9. The lowest BCUT2D eigenvalue weighted by molar-refractivity contribution is 0.0642. The van der Waals surface area contributed by atoms with E-state index in [1.165, 1.54) is 12.1 Å². The third kappa shape index (κ3) is 1.90. The number of aromatic nitrogens is 2. The van der Waals surface area contributed by atoms with E-state index in [-0.39, 0.29) is 16.1 Å². The Morgan fingerprint density at radius 1 is 1.06 bits per heavy atom. The van der Waals surface area contributed by atoms with Crippen LogP contribution in [0.25, 0.3) is 11.0 Å². The van der Waals surface area contributed by atoms with Crippen LogP contribution in [0.3, 0.4) is 0 Å². The third-order valence-corrected chi connectivity index (χ3v) is 2.36. The average Bonchev–Trinajstić information content (AvgIpc) is 2.27. The Labute approximate surface area is 99.5 Å². The maximum atomic E-state index is 10.9. The molecular weight excluding hydrogens is 248 g/mol. The molecule has 1 aromatic heterocycles. The second-order valence-electron chi connectivity index (χ2n) is 3.14. The van der Waals surface area contributed by atoms with Crippen molar-refractivity contribution in [1.82, 2.24) is 9.97 Å². The average molecular weight is 253 g/mol. The van der Waals surface area contributed by atoms with Crippen molar-refractivity contribution in [2.45, 2.75) is 0 Å². The van der Waals surface area contributed by atoms with Crippen LogP contribution >= 0.6 is 11.6 Å². The molecule has 17 heavy (non-hydrogen) atoms. The lowest BCUT2D eigenvalue weighted by Crippen LogP contribution is -2.13. The number of fused-ring (bicyclic) bond motifs is 1. The maximum Gasteiger partial charge on any atom is 0.357 e. The Balaban J connectivity index is 2.87. The third-order valence-electron chi connectivity index (χ3n) is 2.05. The highest BCUT2D eigenvalue weighted by atomic mass is 35.5. The number of carbonyl (C=O) groups is 2. The summed E-state index contributed by atoms with van der Waals surface area (Å²) in [5.41, 5.74) is -0.832. The van der Waals surface area contributed by atoms with E-state index < -0.39 is 23.3 Å². The Morgan fingerprint density at radius 3 is 2.24 bits per heavy atom. The molecule has 7 heteroatoms. The lowest BCUT2D eigenvalue weighted by Gasteiger charge is -2.03. The largest absolute Gasteiger partial charge is 0.476 e. The first-order chi connectivity index (χ1) is 8.00. The molecule has 86 valence electrons. The minimum atomic E-state index is -1.46. The Morgan fingerprint density at radius 2 is 1.65 bits per heavy atom. The van der Waals surface area contributed by atoms with Crippen LogP contribution in [-0.2, 0) is 0 Å². The van der Waals surface area contributed by atoms with Gasteiger partial charge >= 0.3 is 11.9 Å². The highest BCUT2D eigenvalue weighted by Gasteiger charge is 2.21. The number of hydrogen-bond donors (Lipinski definition) is 2. The van der Waals surface area contributed by atoms with Gasteiger partial charge in [0, 0.05) is 0 Å². The number of aromatic carboxylic acids is 2. The summed E-state index contributed by atoms with van der Waals surface area (Å²) in [6, 6.07) is 4.60. The molecular formula is C10H5ClN2O4. The molecule has 0 bridgehead atoms. The van der Waals surface area contributed by atoms with Gasteiger partial charge in [-0.1, -0.05) is 17.7 Å². The summed E-state index contributed by atoms with van der Waals surface area (Å²) >= 11 is 5.82. The molecule has 2 N–H and O–H groups in total. The zero-order chi connectivity index (χ0) is 12.6. The van der Waals surface area contributed by atoms with E-state index in [0.717, 1.165) is 0 Å². The zero-order valence-electron chi connectivity index (χ0n) is 8.22. The van der Waals surface area contributed by atoms with Crippen LogP contribution in [0, 0.1) is 0 Å². The predicted octanol–water partition coefficient (Wildman–Crippen LogP) is 1.68. The second kappa shape index (κ2) is 3.99. The molecule has 0 aliphatic rings. The summed E-state index contributed by atoms with van der Waals surface area (Å²) in [5.74, 6) is -2.91. The van der Waals surface area contributed by atoms with Crippen molar-refractivity contribution < 1.29 is 19.8 Å². The van der Waals surface area contributed by atoms with Gasteiger partial charge in [0.25, 0.3) is 0 Å². The van der Waals surface area contributed by atoms with Crippen molar-refractivity contribution in [2.24, 2.45) is 0 Å². The Hall–Kier alpha value is -2.21. The van der Waals surface area contributed by atoms with Crippen molar-refractivity contribution in [3.8, 4) is 0 Å². The van der Waals surface area contributed by atoms with Crippen LogP contribution in [-0.4, -0.2) is 32.1 Å². The first kappa shape index (κ1) is 11.3. The van der Waals surface area contributed by atoms with E-state index >= 15 is 0 Å². The van der Waals surface area contributed by atoms with Gasteiger partial charge < -0.3 is 10.2 Å². The second-order valence-corrected chi connectivity index (χ2v) is 3.55. The van der Waals surface area contributed by atoms with Gasteiger partial charge in [-0.05, 0) is 12.1 Å². The van der Waals surface area contributed by atoms with E-state index in [9.17, 15) is 9.59 Å². The first-order valence-corrected chi connectivity index (χ1v) is 4.81. The fraction of sp³-hybridized carbons (Fsp3) is 0. The normalized spacial score (nSPS) is 10.4. The zero-order valence-corrected chi connectivity index (χ0v) is 8.97. The van der Waals surface area contributed by atoms with Crippen LogP contribution in [0.5, 0.6) is 0 Å². The van der Waals surface area contributed by atoms with Gasteiger partial charge in [-0.3, -0.25) is 0 Å². The molecule has 0 aliphatic carbocycles. The smallest absolute Gasteiger partial charge is 0.357 e. The number of rotatable bonds is 2. The number of carboxylic acid groups (broad SMARTS) is 2. The molecule has 6 nitrogen and oxygen atoms in total. The van der Waals surface area contributed by atoms with Crippen molar-refractivity contribution in [1.29, 1.82) is 0 Å². The van der Waals surface area contributed by atoms with Gasteiger partial charge in [0.15, 0.2) is 11.4 Å². The number of benzene rings is 1. The molecule has 0 atom stereocenters. The number of carboxylic acids is 2. The fourth-order valence-electron chi connectivity index (χ4n) is 1.34. The number of para-hydroxylation sites is 1. The number of nitrogens with zero attached hydrogens (tertiary/aromatic N) is 2. The van der Waals surface area contributed by atoms with Crippen LogP contribution < -0.4 is 0 Å². The van der Waals surface area contributed by atoms with Gasteiger partial charge in [0.1, 0.15) is 5.52 Å². The summed E-state index contributed by atoms with van der Waals surface area (Å²) in [5, 5.41) is 17.9. The summed E-state index contributed by atoms with van der Waals surface area (Å²) < 4.78 is 0. The standard InChI is InChI=1S/C10H5ClN2O4/c11-4-2-1-3-5-6(4)13-8(10(16)17)7(12-5)9(14)15/h1-3H,(H,14,15)(H,16,17). The fourth-order valence-corrected chi connectivity index (χ4v) is 1.55. The van der Waals surface area contributed by atoms with Gasteiger partial charge in [-0.2, -0.15) is 0 Å². The predicted molar refractivity (Wildman–Crippen MR) is 58.5 cm³/mol. The Bertz CT molecular complexity index is 641. The SMILES string of the molecule is O=C(O)c1nc2cccc(Cl)c2nc1C(=O)O. The molecule has 0 saturated heterocycles. The van der Waals surface area contributed by atoms with Gasteiger partial charge in [0.2, 0.25) is 0 Å². The van der Waals surface area contributed by atoms with Crippen molar-refractivity contribution in [3.63, 3.8) is 0 Å². The van der Waals surface area contributed by atoms with Crippen LogP contribution in [0.15, 0.2) is 18.2 Å². The molecule has 0 amide bonds. The van der Waals surface area contributed by atoms with Crippen molar-refractivity contribution in [2.75, 3.05) is 0 Å². The molecule has 2 rings (SSSR count). The Kier molecular flexibility index (Phi) is 2.64. The van der Waals surface area contributed by atoms with Gasteiger partial charge in [-0.25, -0.2) is 19.6 Å². The number of halogens is 1. The highest BCUT2D eigenvalue weighted by molar-refractivity contribution is 6.35. The van der Waals surface area contributed by atoms with Crippen LogP contribution in [0.1, 0.15) is 21.0 Å². The summed E-state index contributed by atoms with van der Waals surface area (Å²) in [6.45, 7) is 0. The van der Waals surface area contributed by atoms with Crippen molar-refractivity contribution in [3.05, 3.63) is 34.6 Å². The minimum Gasteiger partial charge on any atom is -0.476 e. The summed E-state index contributed by atoms with van der Waals surface area (Å²) in [7, 11) is 0. The topological polar surface area (TPSA) is 100 Å². The molecule has 0 unspecified atom stereocenters. The highest BCUT2D eigenvalue weighted by Crippen LogP contribution is 2.21. The van der Waals surface area contributed by atoms with Crippen LogP contribution in [0.2, 0.25) is 5.02 Å². The first-order valence-electron chi connectivity index (χ1n) is 4.43. The molecule has 1 aromatic carbocycles. The van der Waals surface area contributed by atoms with Crippen molar-refractivity contribution >= 4 is 34.6 Å². The summed E-state index contributed by atoms with van der Waals surface area (Å²) in [6.07, 6.45) is 0. The molecule has 0 spiro atoms. The molecule has 0 aliphatic heterocycles. The van der Waals surface area contributed by atoms with Crippen LogP contribution in [0.4, 0.5) is 0 Å². The van der Waals surface area contributed by atoms with E-state index in [2.05, 4.69) is 9.97 Å². The summed E-state index contributed by atoms with van der Waals surface area (Å²) in [4.78, 5) is 29.2. The van der Waals surface area contributed by atoms with Gasteiger partial charge in [-0.15, -0.1) is 0 Å². The van der Waals surface area contributed by atoms with E-state index in [1.54, 1.807) is 6.07 Å². The molecule has 2 aromatic rings. The minimum absolute atomic E-state index is 0.163. The molecule has 1 heterocycles. The molecule has 0 radical (unpaired) electrons. The number of hydrogen-bond acceptors (Lipinski definition) is 4. The molecule has 0 fully saturated rings. The monoisotopic (exact) mass is 252 g/mol. The molecule has 0 saturated carbocycles.